The number of likely N-dealkylation sites (N-methyl/N-ethyl adjacent to an activating group) is 1. The van der Waals surface area contributed by atoms with Gasteiger partial charge in [-0.05, 0) is 121 Å². The quantitative estimate of drug-likeness (QED) is 0.0714. The molecule has 0 aromatic heterocycles. The number of carbonyl (C=O) groups excluding carboxylic acids is 6. The summed E-state index contributed by atoms with van der Waals surface area (Å²) in [5, 5.41) is 62.3. The maximum absolute atomic E-state index is 15.5. The van der Waals surface area contributed by atoms with Gasteiger partial charge in [-0.1, -0.05) is 69.1 Å². The lowest BCUT2D eigenvalue weighted by molar-refractivity contribution is -0.136. The van der Waals surface area contributed by atoms with Gasteiger partial charge in [0, 0.05) is 34.9 Å². The Morgan fingerprint density at radius 2 is 1.46 bits per heavy atom. The van der Waals surface area contributed by atoms with E-state index in [1.165, 1.54) is 37.4 Å². The normalized spacial score (nSPS) is 21.7. The molecule has 6 amide bonds. The number of fused-ring (bicyclic) bond motifs is 14. The molecule has 21 nitrogen and oxygen atoms in total. The molecule has 0 spiro atoms. The fourth-order valence-corrected chi connectivity index (χ4v) is 10.7. The summed E-state index contributed by atoms with van der Waals surface area (Å²) < 4.78 is 19.0. The van der Waals surface area contributed by atoms with Crippen LogP contribution in [0.25, 0.3) is 11.1 Å². The number of aromatic hydroxyl groups is 2. The van der Waals surface area contributed by atoms with E-state index in [0.29, 0.717) is 24.0 Å². The van der Waals surface area contributed by atoms with Crippen molar-refractivity contribution in [3.05, 3.63) is 122 Å². The van der Waals surface area contributed by atoms with Crippen molar-refractivity contribution in [2.75, 3.05) is 20.8 Å². The third-order valence-corrected chi connectivity index (χ3v) is 15.4. The first-order chi connectivity index (χ1) is 39.0. The molecule has 82 heavy (non-hydrogen) atoms. The molecule has 0 saturated carbocycles. The average Bonchev–Trinajstić information content (AvgIpc) is 3.59. The largest absolute Gasteiger partial charge is 0.508 e. The summed E-state index contributed by atoms with van der Waals surface area (Å²) in [6.45, 7) is 8.42. The van der Waals surface area contributed by atoms with E-state index in [1.54, 1.807) is 63.4 Å². The summed E-state index contributed by atoms with van der Waals surface area (Å²) in [6.07, 6.45) is -2.11. The maximum atomic E-state index is 15.5. The molecule has 10 rings (SSSR count). The highest BCUT2D eigenvalue weighted by Crippen LogP contribution is 2.46. The molecule has 5 aliphatic heterocycles. The standard InChI is InChI=1S/C59H66Cl2N8O13/c1-8-27(4)50-51-32-20-46(28(5)47(21-32)82-45-14-11-31(19-37(45)61)54(74)53(69-55(75)38(63-6)15-26(2)3)59(79)65-40(24-48(62)73)57(77)68-51)81-44-12-9-29(16-36(44)60)17-39-56(76)66-41(25-70)34-22-33(71)23-42(72)49(34)35-18-30(10-13-43(35)80-7)52(67-50)58(78)64-39/h9-14,16,18-23,26-27,38-41,51-54,63,70-72,74H,8,15,17,24-25H2,1-7H3,(H2,62,73)(H,64,78)(H,65,79)(H,66,76)(H,68,77)(H,69,75). The first-order valence-corrected chi connectivity index (χ1v) is 27.4. The number of phenols is 2. The van der Waals surface area contributed by atoms with Crippen molar-refractivity contribution < 1.29 is 63.4 Å². The average molecular weight is 1170 g/mol. The van der Waals surface area contributed by atoms with Crippen LogP contribution in [0.4, 0.5) is 0 Å². The van der Waals surface area contributed by atoms with Crippen molar-refractivity contribution in [3.63, 3.8) is 0 Å². The lowest BCUT2D eigenvalue weighted by Crippen LogP contribution is -2.58. The number of rotatable bonds is 11. The van der Waals surface area contributed by atoms with Crippen LogP contribution in [0.1, 0.15) is 105 Å². The number of aliphatic hydroxyl groups excluding tert-OH is 2. The second kappa shape index (κ2) is 25.5. The van der Waals surface area contributed by atoms with Crippen LogP contribution in [-0.2, 0) is 35.2 Å². The molecule has 0 fully saturated rings. The molecular formula is C59H66Cl2N8O13. The van der Waals surface area contributed by atoms with E-state index in [-0.39, 0.29) is 96.0 Å². The third-order valence-electron chi connectivity index (χ3n) is 14.8. The summed E-state index contributed by atoms with van der Waals surface area (Å²) in [6, 6.07) is 9.10. The van der Waals surface area contributed by atoms with E-state index >= 15 is 9.59 Å². The van der Waals surface area contributed by atoms with Crippen molar-refractivity contribution in [3.8, 4) is 51.4 Å². The van der Waals surface area contributed by atoms with Crippen LogP contribution in [0.5, 0.6) is 40.2 Å². The van der Waals surface area contributed by atoms with E-state index in [4.69, 9.17) is 48.1 Å². The highest BCUT2D eigenvalue weighted by molar-refractivity contribution is 6.32. The zero-order valence-electron chi connectivity index (χ0n) is 46.1. The summed E-state index contributed by atoms with van der Waals surface area (Å²) >= 11 is 14.0. The molecular weight excluding hydrogens is 1100 g/mol. The number of hydrogen-bond acceptors (Lipinski definition) is 15. The van der Waals surface area contributed by atoms with Gasteiger partial charge >= 0.3 is 0 Å². The number of ether oxygens (including phenoxy) is 3. The fourth-order valence-electron chi connectivity index (χ4n) is 10.3. The van der Waals surface area contributed by atoms with Crippen LogP contribution in [0, 0.1) is 18.8 Å². The van der Waals surface area contributed by atoms with Crippen LogP contribution in [0.2, 0.25) is 10.0 Å². The van der Waals surface area contributed by atoms with Gasteiger partial charge in [0.05, 0.1) is 48.3 Å². The van der Waals surface area contributed by atoms with Gasteiger partial charge in [-0.25, -0.2) is 0 Å². The number of aliphatic imine (C=N–C) groups is 1. The predicted octanol–water partition coefficient (Wildman–Crippen LogP) is 6.09. The van der Waals surface area contributed by atoms with Gasteiger partial charge < -0.3 is 72.3 Å². The number of methoxy groups -OCH3 is 1. The van der Waals surface area contributed by atoms with Crippen LogP contribution in [-0.4, -0.2) is 107 Å². The molecule has 12 N–H and O–H groups in total. The predicted molar refractivity (Wildman–Crippen MR) is 305 cm³/mol. The Morgan fingerprint density at radius 3 is 2.07 bits per heavy atom. The minimum atomic E-state index is -1.80. The number of nitrogens with two attached hydrogens (primary N) is 1. The minimum absolute atomic E-state index is 0.0281. The Labute approximate surface area is 483 Å². The number of nitrogens with zero attached hydrogens (tertiary/aromatic N) is 1. The summed E-state index contributed by atoms with van der Waals surface area (Å²) in [5.74, 6) is -6.17. The Balaban J connectivity index is 1.43. The minimum Gasteiger partial charge on any atom is -0.508 e. The van der Waals surface area contributed by atoms with E-state index < -0.39 is 109 Å². The smallest absolute Gasteiger partial charge is 0.250 e. The van der Waals surface area contributed by atoms with Crippen molar-refractivity contribution in [2.24, 2.45) is 22.6 Å². The molecule has 11 bridgehead atoms. The van der Waals surface area contributed by atoms with Crippen LogP contribution in [0.3, 0.4) is 0 Å². The van der Waals surface area contributed by atoms with Crippen LogP contribution >= 0.6 is 23.2 Å². The lowest BCUT2D eigenvalue weighted by Gasteiger charge is -2.32. The number of phenolic OH excluding ortho intramolecular Hbond substituents is 2. The number of hydrogen-bond donors (Lipinski definition) is 11. The SMILES string of the molecule is CCC(C)C1=NC2C(=O)NC(Cc3ccc(c(Cl)c3)Oc3cc4cc(c3C)Oc3ccc(cc3Cl)C(O)C(NC(=O)C(CC(C)C)NC)C(=O)NC(CC(N)=O)C(=O)NC14)C(=O)NC(CO)c1cc(O)cc(O)c1-c1cc2ccc1OC. The van der Waals surface area contributed by atoms with Gasteiger partial charge in [-0.15, -0.1) is 0 Å². The number of halogens is 2. The summed E-state index contributed by atoms with van der Waals surface area (Å²) in [7, 11) is 2.95. The van der Waals surface area contributed by atoms with Gasteiger partial charge in [-0.3, -0.25) is 33.8 Å². The molecule has 0 aliphatic carbocycles. The molecule has 23 heteroatoms. The van der Waals surface area contributed by atoms with E-state index in [1.807, 2.05) is 20.8 Å². The molecule has 5 heterocycles. The number of aliphatic hydroxyl groups is 2. The Morgan fingerprint density at radius 1 is 0.805 bits per heavy atom. The Kier molecular flexibility index (Phi) is 18.7. The first-order valence-electron chi connectivity index (χ1n) is 26.7. The number of nitrogens with one attached hydrogen (secondary N) is 6. The van der Waals surface area contributed by atoms with Crippen molar-refractivity contribution >= 4 is 64.4 Å². The number of carbonyl (C=O) groups is 6. The molecule has 9 atom stereocenters. The monoisotopic (exact) mass is 1160 g/mol. The van der Waals surface area contributed by atoms with Crippen molar-refractivity contribution in [2.45, 2.75) is 109 Å². The zero-order valence-corrected chi connectivity index (χ0v) is 47.6. The molecule has 5 aliphatic rings. The summed E-state index contributed by atoms with van der Waals surface area (Å²) in [5.41, 5.74) is 7.55. The van der Waals surface area contributed by atoms with Gasteiger partial charge in [0.1, 0.15) is 64.5 Å². The second-order valence-corrected chi connectivity index (χ2v) is 21.9. The Bertz CT molecular complexity index is 3360. The molecule has 5 aromatic rings. The lowest BCUT2D eigenvalue weighted by atomic mass is 9.88. The highest BCUT2D eigenvalue weighted by Gasteiger charge is 2.39. The fraction of sp³-hybridized carbons (Fsp3) is 0.373. The first kappa shape index (κ1) is 60.2. The molecule has 0 saturated heterocycles. The second-order valence-electron chi connectivity index (χ2n) is 21.0. The zero-order chi connectivity index (χ0) is 59.4. The van der Waals surface area contributed by atoms with E-state index in [9.17, 15) is 39.6 Å². The molecule has 434 valence electrons. The van der Waals surface area contributed by atoms with E-state index in [0.717, 1.165) is 6.07 Å². The van der Waals surface area contributed by atoms with Gasteiger partial charge in [0.15, 0.2) is 6.04 Å². The molecule has 9 unspecified atom stereocenters. The number of primary amides is 1. The third kappa shape index (κ3) is 13.0. The van der Waals surface area contributed by atoms with Crippen LogP contribution < -0.4 is 51.8 Å². The van der Waals surface area contributed by atoms with Crippen molar-refractivity contribution in [1.29, 1.82) is 0 Å². The van der Waals surface area contributed by atoms with Gasteiger partial charge in [0.25, 0.3) is 0 Å². The molecule has 5 aromatic carbocycles. The summed E-state index contributed by atoms with van der Waals surface area (Å²) in [4.78, 5) is 92.5. The maximum Gasteiger partial charge on any atom is 0.250 e. The van der Waals surface area contributed by atoms with E-state index in [2.05, 4.69) is 31.9 Å². The number of benzene rings is 5. The Hall–Kier alpha value is -7.95. The molecule has 0 radical (unpaired) electrons. The highest BCUT2D eigenvalue weighted by atomic mass is 35.5. The number of amides is 6. The topological polar surface area (TPSA) is 322 Å². The van der Waals surface area contributed by atoms with Crippen molar-refractivity contribution in [1.82, 2.24) is 31.9 Å². The van der Waals surface area contributed by atoms with Gasteiger partial charge in [-0.2, -0.15) is 0 Å². The van der Waals surface area contributed by atoms with Crippen LogP contribution in [0.15, 0.2) is 83.9 Å². The van der Waals surface area contributed by atoms with Gasteiger partial charge in [0.2, 0.25) is 35.4 Å².